The zero-order valence-electron chi connectivity index (χ0n) is 15.6. The molecule has 0 atom stereocenters. The van der Waals surface area contributed by atoms with E-state index in [0.29, 0.717) is 24.8 Å². The lowest BCUT2D eigenvalue weighted by molar-refractivity contribution is -0.140. The van der Waals surface area contributed by atoms with Crippen LogP contribution in [0.2, 0.25) is 0 Å². The number of furan rings is 1. The molecule has 2 aliphatic rings. The molecule has 0 bridgehead atoms. The molecule has 0 spiro atoms. The number of likely N-dealkylation sites (tertiary alicyclic amines) is 2. The minimum atomic E-state index is -0.0145. The Morgan fingerprint density at radius 2 is 1.70 bits per heavy atom. The highest BCUT2D eigenvalue weighted by atomic mass is 16.3. The minimum Gasteiger partial charge on any atom is -0.457 e. The Bertz CT molecular complexity index is 807. The molecular formula is C22H26N2O3. The molecular weight excluding hydrogens is 340 g/mol. The quantitative estimate of drug-likeness (QED) is 0.779. The summed E-state index contributed by atoms with van der Waals surface area (Å²) in [7, 11) is 0. The van der Waals surface area contributed by atoms with Crippen molar-refractivity contribution in [3.8, 4) is 0 Å². The van der Waals surface area contributed by atoms with Crippen molar-refractivity contribution in [3.05, 3.63) is 42.2 Å². The normalized spacial score (nSPS) is 19.1. The molecule has 142 valence electrons. The highest BCUT2D eigenvalue weighted by Crippen LogP contribution is 2.23. The van der Waals surface area contributed by atoms with Crippen LogP contribution >= 0.6 is 0 Å². The molecule has 2 aliphatic heterocycles. The maximum Gasteiger partial charge on any atom is 0.246 e. The van der Waals surface area contributed by atoms with Gasteiger partial charge in [-0.15, -0.1) is 0 Å². The highest BCUT2D eigenvalue weighted by molar-refractivity contribution is 5.92. The third kappa shape index (κ3) is 4.07. The number of para-hydroxylation sites is 1. The SMILES string of the molecule is O=C(/C=C/c1cc2ccccc2o1)N1CCC(C(=O)N2CCCCC2)CC1. The van der Waals surface area contributed by atoms with Crippen molar-refractivity contribution in [3.63, 3.8) is 0 Å². The summed E-state index contributed by atoms with van der Waals surface area (Å²) in [5, 5.41) is 1.03. The average molecular weight is 366 g/mol. The summed E-state index contributed by atoms with van der Waals surface area (Å²) in [6.07, 6.45) is 8.30. The lowest BCUT2D eigenvalue weighted by Gasteiger charge is -2.35. The Kier molecular flexibility index (Phi) is 5.28. The van der Waals surface area contributed by atoms with Gasteiger partial charge in [-0.05, 0) is 50.3 Å². The summed E-state index contributed by atoms with van der Waals surface area (Å²) in [5.41, 5.74) is 0.821. The standard InChI is InChI=1S/C22H26N2O3/c25-21(9-8-19-16-18-6-2-3-7-20(18)27-19)23-14-10-17(11-15-23)22(26)24-12-4-1-5-13-24/h2-3,6-9,16-17H,1,4-5,10-15H2/b9-8+. The van der Waals surface area contributed by atoms with Crippen LogP contribution in [-0.4, -0.2) is 47.8 Å². The number of benzene rings is 1. The van der Waals surface area contributed by atoms with Crippen LogP contribution in [0.3, 0.4) is 0 Å². The van der Waals surface area contributed by atoms with Crippen LogP contribution in [0.15, 0.2) is 40.8 Å². The van der Waals surface area contributed by atoms with Gasteiger partial charge in [-0.3, -0.25) is 9.59 Å². The third-order valence-electron chi connectivity index (χ3n) is 5.66. The van der Waals surface area contributed by atoms with E-state index in [0.717, 1.165) is 49.7 Å². The van der Waals surface area contributed by atoms with Crippen molar-refractivity contribution >= 4 is 28.9 Å². The Balaban J connectivity index is 1.31. The van der Waals surface area contributed by atoms with Crippen molar-refractivity contribution in [1.82, 2.24) is 9.80 Å². The van der Waals surface area contributed by atoms with E-state index < -0.39 is 0 Å². The third-order valence-corrected chi connectivity index (χ3v) is 5.66. The molecule has 2 aromatic rings. The summed E-state index contributed by atoms with van der Waals surface area (Å²) in [4.78, 5) is 28.9. The van der Waals surface area contributed by atoms with Crippen molar-refractivity contribution in [2.24, 2.45) is 5.92 Å². The van der Waals surface area contributed by atoms with Crippen LogP contribution in [0.5, 0.6) is 0 Å². The van der Waals surface area contributed by atoms with E-state index in [1.165, 1.54) is 6.42 Å². The second-order valence-electron chi connectivity index (χ2n) is 7.51. The molecule has 2 amide bonds. The van der Waals surface area contributed by atoms with Crippen LogP contribution in [0.4, 0.5) is 0 Å². The smallest absolute Gasteiger partial charge is 0.246 e. The molecule has 2 fully saturated rings. The van der Waals surface area contributed by atoms with Gasteiger partial charge in [0.2, 0.25) is 11.8 Å². The van der Waals surface area contributed by atoms with Crippen LogP contribution in [0.25, 0.3) is 17.0 Å². The molecule has 4 rings (SSSR count). The number of piperidine rings is 2. The first-order valence-corrected chi connectivity index (χ1v) is 9.95. The fraction of sp³-hybridized carbons (Fsp3) is 0.455. The number of rotatable bonds is 3. The molecule has 1 aromatic heterocycles. The topological polar surface area (TPSA) is 53.8 Å². The van der Waals surface area contributed by atoms with Gasteiger partial charge >= 0.3 is 0 Å². The number of amides is 2. The van der Waals surface area contributed by atoms with Gasteiger partial charge in [0.05, 0.1) is 0 Å². The van der Waals surface area contributed by atoms with E-state index in [1.807, 2.05) is 40.1 Å². The molecule has 5 heteroatoms. The summed E-state index contributed by atoms with van der Waals surface area (Å²) in [6.45, 7) is 3.09. The first-order valence-electron chi connectivity index (χ1n) is 9.95. The van der Waals surface area contributed by atoms with E-state index in [2.05, 4.69) is 0 Å². The Morgan fingerprint density at radius 1 is 0.963 bits per heavy atom. The summed E-state index contributed by atoms with van der Waals surface area (Å²) < 4.78 is 5.71. The monoisotopic (exact) mass is 366 g/mol. The predicted molar refractivity (Wildman–Crippen MR) is 105 cm³/mol. The molecule has 0 radical (unpaired) electrons. The van der Waals surface area contributed by atoms with Crippen molar-refractivity contribution in [1.29, 1.82) is 0 Å². The second-order valence-corrected chi connectivity index (χ2v) is 7.51. The molecule has 3 heterocycles. The van der Waals surface area contributed by atoms with E-state index in [-0.39, 0.29) is 11.8 Å². The van der Waals surface area contributed by atoms with Crippen molar-refractivity contribution < 1.29 is 14.0 Å². The van der Waals surface area contributed by atoms with Crippen molar-refractivity contribution in [2.45, 2.75) is 32.1 Å². The Hall–Kier alpha value is -2.56. The first-order chi connectivity index (χ1) is 13.2. The summed E-state index contributed by atoms with van der Waals surface area (Å²) in [5.74, 6) is 1.03. The van der Waals surface area contributed by atoms with Gasteiger partial charge in [0.25, 0.3) is 0 Å². The lowest BCUT2D eigenvalue weighted by Crippen LogP contribution is -2.45. The molecule has 27 heavy (non-hydrogen) atoms. The van der Waals surface area contributed by atoms with Crippen molar-refractivity contribution in [2.75, 3.05) is 26.2 Å². The number of hydrogen-bond acceptors (Lipinski definition) is 3. The molecule has 0 aliphatic carbocycles. The molecule has 0 unspecified atom stereocenters. The van der Waals surface area contributed by atoms with E-state index >= 15 is 0 Å². The molecule has 1 aromatic carbocycles. The van der Waals surface area contributed by atoms with Gasteiger partial charge in [-0.1, -0.05) is 18.2 Å². The van der Waals surface area contributed by atoms with Crippen LogP contribution in [-0.2, 0) is 9.59 Å². The van der Waals surface area contributed by atoms with Gasteiger partial charge in [-0.2, -0.15) is 0 Å². The van der Waals surface area contributed by atoms with Gasteiger partial charge < -0.3 is 14.2 Å². The maximum absolute atomic E-state index is 12.6. The number of nitrogens with zero attached hydrogens (tertiary/aromatic N) is 2. The van der Waals surface area contributed by atoms with Gasteiger partial charge in [0.15, 0.2) is 0 Å². The number of fused-ring (bicyclic) bond motifs is 1. The number of hydrogen-bond donors (Lipinski definition) is 0. The largest absolute Gasteiger partial charge is 0.457 e. The zero-order valence-corrected chi connectivity index (χ0v) is 15.6. The second kappa shape index (κ2) is 7.99. The first kappa shape index (κ1) is 17.8. The molecule has 0 saturated carbocycles. The Labute approximate surface area is 159 Å². The van der Waals surface area contributed by atoms with Gasteiger partial charge in [0.1, 0.15) is 11.3 Å². The fourth-order valence-electron chi connectivity index (χ4n) is 4.06. The highest BCUT2D eigenvalue weighted by Gasteiger charge is 2.30. The number of carbonyl (C=O) groups is 2. The van der Waals surface area contributed by atoms with Gasteiger partial charge in [-0.25, -0.2) is 0 Å². The van der Waals surface area contributed by atoms with E-state index in [4.69, 9.17) is 4.42 Å². The molecule has 2 saturated heterocycles. The van der Waals surface area contributed by atoms with E-state index in [1.54, 1.807) is 12.2 Å². The predicted octanol–water partition coefficient (Wildman–Crippen LogP) is 3.70. The average Bonchev–Trinajstić information content (AvgIpc) is 3.15. The van der Waals surface area contributed by atoms with Crippen LogP contribution in [0, 0.1) is 5.92 Å². The summed E-state index contributed by atoms with van der Waals surface area (Å²) in [6, 6.07) is 9.73. The molecule has 0 N–H and O–H groups in total. The maximum atomic E-state index is 12.6. The summed E-state index contributed by atoms with van der Waals surface area (Å²) >= 11 is 0. The fourth-order valence-corrected chi connectivity index (χ4v) is 4.06. The lowest BCUT2D eigenvalue weighted by atomic mass is 9.94. The zero-order chi connectivity index (χ0) is 18.6. The Morgan fingerprint density at radius 3 is 2.44 bits per heavy atom. The van der Waals surface area contributed by atoms with Gasteiger partial charge in [0, 0.05) is 43.6 Å². The number of carbonyl (C=O) groups excluding carboxylic acids is 2. The molecule has 5 nitrogen and oxygen atoms in total. The van der Waals surface area contributed by atoms with Crippen LogP contribution < -0.4 is 0 Å². The van der Waals surface area contributed by atoms with E-state index in [9.17, 15) is 9.59 Å². The minimum absolute atomic E-state index is 0.0145. The van der Waals surface area contributed by atoms with Crippen LogP contribution in [0.1, 0.15) is 37.9 Å².